The Balaban J connectivity index is 1.85. The predicted octanol–water partition coefficient (Wildman–Crippen LogP) is 1.56. The first kappa shape index (κ1) is 12.0. The highest BCUT2D eigenvalue weighted by Gasteiger charge is 2.26. The lowest BCUT2D eigenvalue weighted by Gasteiger charge is -2.32. The predicted molar refractivity (Wildman–Crippen MR) is 57.2 cm³/mol. The van der Waals surface area contributed by atoms with E-state index in [-0.39, 0.29) is 5.41 Å². The standard InChI is InChI=1S/C11H23NO2/c1-11(2,3)8-13-4-5-14-10-6-9(12)7-10/h9-10H,4-8,12H2,1-3H3/t9-,10+. The first-order valence-corrected chi connectivity index (χ1v) is 5.42. The Labute approximate surface area is 86.9 Å². The first-order chi connectivity index (χ1) is 6.47. The van der Waals surface area contributed by atoms with Crippen molar-refractivity contribution in [3.05, 3.63) is 0 Å². The van der Waals surface area contributed by atoms with Crippen LogP contribution in [-0.2, 0) is 9.47 Å². The fraction of sp³-hybridized carbons (Fsp3) is 1.00. The molecule has 14 heavy (non-hydrogen) atoms. The van der Waals surface area contributed by atoms with E-state index in [1.807, 2.05) is 0 Å². The van der Waals surface area contributed by atoms with Crippen LogP contribution in [0.25, 0.3) is 0 Å². The van der Waals surface area contributed by atoms with Gasteiger partial charge in [-0.15, -0.1) is 0 Å². The lowest BCUT2D eigenvalue weighted by molar-refractivity contribution is -0.0442. The number of nitrogens with two attached hydrogens (primary N) is 1. The molecule has 1 saturated carbocycles. The van der Waals surface area contributed by atoms with Gasteiger partial charge in [0.1, 0.15) is 0 Å². The highest BCUT2D eigenvalue weighted by molar-refractivity contribution is 4.82. The SMILES string of the molecule is CC(C)(C)COCCO[C@H]1C[C@@H](N)C1. The molecule has 0 radical (unpaired) electrons. The molecule has 0 amide bonds. The zero-order chi connectivity index (χ0) is 10.6. The van der Waals surface area contributed by atoms with Crippen molar-refractivity contribution in [1.29, 1.82) is 0 Å². The third-order valence-electron chi connectivity index (χ3n) is 2.25. The Kier molecular flexibility index (Phi) is 4.35. The monoisotopic (exact) mass is 201 g/mol. The molecule has 1 rings (SSSR count). The molecule has 0 bridgehead atoms. The summed E-state index contributed by atoms with van der Waals surface area (Å²) in [7, 11) is 0. The lowest BCUT2D eigenvalue weighted by atomic mass is 9.90. The molecule has 3 nitrogen and oxygen atoms in total. The van der Waals surface area contributed by atoms with Crippen molar-refractivity contribution < 1.29 is 9.47 Å². The summed E-state index contributed by atoms with van der Waals surface area (Å²) in [5.74, 6) is 0. The maximum absolute atomic E-state index is 5.65. The average Bonchev–Trinajstić information content (AvgIpc) is 1.98. The van der Waals surface area contributed by atoms with E-state index in [4.69, 9.17) is 15.2 Å². The first-order valence-electron chi connectivity index (χ1n) is 5.42. The summed E-state index contributed by atoms with van der Waals surface area (Å²) < 4.78 is 11.0. The summed E-state index contributed by atoms with van der Waals surface area (Å²) in [5.41, 5.74) is 5.89. The number of ether oxygens (including phenoxy) is 2. The van der Waals surface area contributed by atoms with Gasteiger partial charge in [-0.3, -0.25) is 0 Å². The van der Waals surface area contributed by atoms with Crippen molar-refractivity contribution in [3.8, 4) is 0 Å². The maximum atomic E-state index is 5.65. The summed E-state index contributed by atoms with van der Waals surface area (Å²) >= 11 is 0. The summed E-state index contributed by atoms with van der Waals surface area (Å²) in [6, 6.07) is 0.371. The van der Waals surface area contributed by atoms with Crippen molar-refractivity contribution in [1.82, 2.24) is 0 Å². The summed E-state index contributed by atoms with van der Waals surface area (Å²) in [6.45, 7) is 8.69. The molecule has 1 fully saturated rings. The van der Waals surface area contributed by atoms with E-state index in [2.05, 4.69) is 20.8 Å². The smallest absolute Gasteiger partial charge is 0.0704 e. The molecule has 3 heteroatoms. The van der Waals surface area contributed by atoms with Gasteiger partial charge < -0.3 is 15.2 Å². The van der Waals surface area contributed by atoms with Gasteiger partial charge in [0.15, 0.2) is 0 Å². The Morgan fingerprint density at radius 3 is 2.36 bits per heavy atom. The second kappa shape index (κ2) is 5.10. The molecule has 84 valence electrons. The van der Waals surface area contributed by atoms with Crippen LogP contribution in [0.4, 0.5) is 0 Å². The van der Waals surface area contributed by atoms with Crippen molar-refractivity contribution in [2.24, 2.45) is 11.1 Å². The van der Waals surface area contributed by atoms with E-state index < -0.39 is 0 Å². The van der Waals surface area contributed by atoms with E-state index in [1.165, 1.54) is 0 Å². The lowest BCUT2D eigenvalue weighted by Crippen LogP contribution is -2.42. The average molecular weight is 201 g/mol. The largest absolute Gasteiger partial charge is 0.379 e. The van der Waals surface area contributed by atoms with Crippen LogP contribution in [0.5, 0.6) is 0 Å². The van der Waals surface area contributed by atoms with Gasteiger partial charge in [0.2, 0.25) is 0 Å². The zero-order valence-corrected chi connectivity index (χ0v) is 9.58. The van der Waals surface area contributed by atoms with Crippen molar-refractivity contribution in [2.75, 3.05) is 19.8 Å². The molecule has 0 heterocycles. The van der Waals surface area contributed by atoms with Gasteiger partial charge in [-0.25, -0.2) is 0 Å². The fourth-order valence-corrected chi connectivity index (χ4v) is 1.39. The molecule has 1 aliphatic carbocycles. The van der Waals surface area contributed by atoms with Crippen LogP contribution >= 0.6 is 0 Å². The zero-order valence-electron chi connectivity index (χ0n) is 9.58. The van der Waals surface area contributed by atoms with E-state index in [0.29, 0.717) is 25.4 Å². The topological polar surface area (TPSA) is 44.5 Å². The van der Waals surface area contributed by atoms with Gasteiger partial charge in [0.05, 0.1) is 25.9 Å². The molecule has 0 spiro atoms. The highest BCUT2D eigenvalue weighted by atomic mass is 16.5. The van der Waals surface area contributed by atoms with Gasteiger partial charge in [0, 0.05) is 6.04 Å². The van der Waals surface area contributed by atoms with Crippen LogP contribution in [0, 0.1) is 5.41 Å². The fourth-order valence-electron chi connectivity index (χ4n) is 1.39. The molecule has 2 N–H and O–H groups in total. The van der Waals surface area contributed by atoms with E-state index in [0.717, 1.165) is 19.4 Å². The second-order valence-electron chi connectivity index (χ2n) is 5.34. The van der Waals surface area contributed by atoms with E-state index in [1.54, 1.807) is 0 Å². The minimum atomic E-state index is 0.249. The van der Waals surface area contributed by atoms with Crippen LogP contribution in [0.15, 0.2) is 0 Å². The van der Waals surface area contributed by atoms with Crippen molar-refractivity contribution in [3.63, 3.8) is 0 Å². The van der Waals surface area contributed by atoms with Gasteiger partial charge in [0.25, 0.3) is 0 Å². The molecule has 0 aromatic heterocycles. The highest BCUT2D eigenvalue weighted by Crippen LogP contribution is 2.20. The minimum absolute atomic E-state index is 0.249. The van der Waals surface area contributed by atoms with E-state index in [9.17, 15) is 0 Å². The summed E-state index contributed by atoms with van der Waals surface area (Å²) in [4.78, 5) is 0. The molecule has 0 unspecified atom stereocenters. The molecule has 0 aromatic rings. The Morgan fingerprint density at radius 2 is 1.86 bits per heavy atom. The summed E-state index contributed by atoms with van der Waals surface area (Å²) in [6.07, 6.45) is 2.42. The third kappa shape index (κ3) is 4.94. The maximum Gasteiger partial charge on any atom is 0.0704 e. The third-order valence-corrected chi connectivity index (χ3v) is 2.25. The normalized spacial score (nSPS) is 27.4. The van der Waals surface area contributed by atoms with Crippen molar-refractivity contribution in [2.45, 2.75) is 45.8 Å². The molecule has 0 aliphatic heterocycles. The molecular weight excluding hydrogens is 178 g/mol. The Bertz CT molecular complexity index is 159. The van der Waals surface area contributed by atoms with Crippen LogP contribution < -0.4 is 5.73 Å². The molecule has 0 saturated heterocycles. The number of hydrogen-bond donors (Lipinski definition) is 1. The Hall–Kier alpha value is -0.120. The van der Waals surface area contributed by atoms with Crippen molar-refractivity contribution >= 4 is 0 Å². The van der Waals surface area contributed by atoms with Gasteiger partial charge in [-0.05, 0) is 18.3 Å². The van der Waals surface area contributed by atoms with Gasteiger partial charge in [-0.1, -0.05) is 20.8 Å². The number of rotatable bonds is 5. The van der Waals surface area contributed by atoms with Crippen LogP contribution in [0.1, 0.15) is 33.6 Å². The molecule has 0 atom stereocenters. The minimum Gasteiger partial charge on any atom is -0.379 e. The Morgan fingerprint density at radius 1 is 1.21 bits per heavy atom. The van der Waals surface area contributed by atoms with Crippen LogP contribution in [0.2, 0.25) is 0 Å². The van der Waals surface area contributed by atoms with Gasteiger partial charge >= 0.3 is 0 Å². The molecular formula is C11H23NO2. The van der Waals surface area contributed by atoms with Crippen LogP contribution in [-0.4, -0.2) is 32.0 Å². The quantitative estimate of drug-likeness (QED) is 0.686. The number of hydrogen-bond acceptors (Lipinski definition) is 3. The molecule has 1 aliphatic rings. The van der Waals surface area contributed by atoms with Gasteiger partial charge in [-0.2, -0.15) is 0 Å². The summed E-state index contributed by atoms with van der Waals surface area (Å²) in [5, 5.41) is 0. The van der Waals surface area contributed by atoms with E-state index >= 15 is 0 Å². The second-order valence-corrected chi connectivity index (χ2v) is 5.34. The molecule has 0 aromatic carbocycles. The van der Waals surface area contributed by atoms with Crippen LogP contribution in [0.3, 0.4) is 0 Å².